The topological polar surface area (TPSA) is 29.4 Å². The normalized spacial score (nSPS) is 9.92. The molecule has 0 aromatic rings. The van der Waals surface area contributed by atoms with Crippen LogP contribution in [-0.4, -0.2) is 12.1 Å². The third-order valence-electron chi connectivity index (χ3n) is 2.02. The van der Waals surface area contributed by atoms with E-state index < -0.39 is 0 Å². The van der Waals surface area contributed by atoms with Crippen LogP contribution in [0.15, 0.2) is 4.99 Å². The molecule has 0 unspecified atom stereocenters. The molecule has 0 aromatic heterocycles. The van der Waals surface area contributed by atoms with Crippen LogP contribution in [0, 0.1) is 0 Å². The highest BCUT2D eigenvalue weighted by Crippen LogP contribution is 2.11. The number of hydrogen-bond acceptors (Lipinski definition) is 2. The Hall–Kier alpha value is -0.620. The number of carbonyl (C=O) groups excluding carboxylic acids is 1. The van der Waals surface area contributed by atoms with E-state index in [0.717, 1.165) is 12.8 Å². The second-order valence-electron chi connectivity index (χ2n) is 3.16. The van der Waals surface area contributed by atoms with E-state index in [-0.39, 0.29) is 6.04 Å². The summed E-state index contributed by atoms with van der Waals surface area (Å²) >= 11 is 0. The SMILES string of the molecule is CCCCC(CCCC)N=C=O. The zero-order valence-corrected chi connectivity index (χ0v) is 8.18. The summed E-state index contributed by atoms with van der Waals surface area (Å²) in [5.41, 5.74) is 0. The first-order valence-electron chi connectivity index (χ1n) is 4.92. The fourth-order valence-corrected chi connectivity index (χ4v) is 1.23. The van der Waals surface area contributed by atoms with Crippen molar-refractivity contribution >= 4 is 6.08 Å². The Labute approximate surface area is 75.1 Å². The maximum atomic E-state index is 10.0. The first-order valence-corrected chi connectivity index (χ1v) is 4.92. The molecule has 2 heteroatoms. The van der Waals surface area contributed by atoms with E-state index in [4.69, 9.17) is 0 Å². The van der Waals surface area contributed by atoms with Gasteiger partial charge in [0.2, 0.25) is 6.08 Å². The van der Waals surface area contributed by atoms with Crippen molar-refractivity contribution in [3.05, 3.63) is 0 Å². The molecule has 0 spiro atoms. The van der Waals surface area contributed by atoms with Crippen molar-refractivity contribution in [3.63, 3.8) is 0 Å². The summed E-state index contributed by atoms with van der Waals surface area (Å²) in [5.74, 6) is 0. The van der Waals surface area contributed by atoms with Crippen molar-refractivity contribution in [2.75, 3.05) is 0 Å². The molecule has 0 aliphatic carbocycles. The van der Waals surface area contributed by atoms with E-state index in [9.17, 15) is 4.79 Å². The number of aliphatic imine (C=N–C) groups is 1. The predicted octanol–water partition coefficient (Wildman–Crippen LogP) is 3.07. The predicted molar refractivity (Wildman–Crippen MR) is 51.0 cm³/mol. The molecule has 0 atom stereocenters. The molecule has 0 bridgehead atoms. The molecule has 0 saturated heterocycles. The maximum absolute atomic E-state index is 10.0. The molecular formula is C10H19NO. The lowest BCUT2D eigenvalue weighted by molar-refractivity contribution is 0.508. The molecule has 0 aromatic carbocycles. The Kier molecular flexibility index (Phi) is 8.04. The van der Waals surface area contributed by atoms with Crippen molar-refractivity contribution < 1.29 is 4.79 Å². The summed E-state index contributed by atoms with van der Waals surface area (Å²) < 4.78 is 0. The standard InChI is InChI=1S/C10H19NO/c1-3-5-7-10(11-9-12)8-6-4-2/h10H,3-8H2,1-2H3. The van der Waals surface area contributed by atoms with Crippen molar-refractivity contribution in [1.29, 1.82) is 0 Å². The van der Waals surface area contributed by atoms with Gasteiger partial charge in [-0.25, -0.2) is 9.79 Å². The van der Waals surface area contributed by atoms with Gasteiger partial charge in [-0.2, -0.15) is 0 Å². The van der Waals surface area contributed by atoms with E-state index in [1.54, 1.807) is 6.08 Å². The lowest BCUT2D eigenvalue weighted by Gasteiger charge is -2.07. The van der Waals surface area contributed by atoms with Gasteiger partial charge in [-0.15, -0.1) is 0 Å². The molecule has 0 N–H and O–H groups in total. The molecule has 70 valence electrons. The summed E-state index contributed by atoms with van der Waals surface area (Å²) in [6.45, 7) is 4.31. The van der Waals surface area contributed by atoms with Crippen LogP contribution in [0.25, 0.3) is 0 Å². The maximum Gasteiger partial charge on any atom is 0.235 e. The average molecular weight is 169 g/mol. The van der Waals surface area contributed by atoms with Crippen LogP contribution in [0.1, 0.15) is 52.4 Å². The van der Waals surface area contributed by atoms with E-state index in [2.05, 4.69) is 18.8 Å². The lowest BCUT2D eigenvalue weighted by atomic mass is 10.0. The Morgan fingerprint density at radius 2 is 1.67 bits per heavy atom. The minimum Gasteiger partial charge on any atom is -0.211 e. The van der Waals surface area contributed by atoms with Gasteiger partial charge < -0.3 is 0 Å². The van der Waals surface area contributed by atoms with Crippen molar-refractivity contribution in [3.8, 4) is 0 Å². The fourth-order valence-electron chi connectivity index (χ4n) is 1.23. The second-order valence-corrected chi connectivity index (χ2v) is 3.16. The molecule has 0 amide bonds. The van der Waals surface area contributed by atoms with Crippen molar-refractivity contribution in [1.82, 2.24) is 0 Å². The van der Waals surface area contributed by atoms with Gasteiger partial charge in [0.25, 0.3) is 0 Å². The zero-order valence-electron chi connectivity index (χ0n) is 8.18. The van der Waals surface area contributed by atoms with Gasteiger partial charge >= 0.3 is 0 Å². The molecule has 0 radical (unpaired) electrons. The van der Waals surface area contributed by atoms with Gasteiger partial charge in [0.15, 0.2) is 0 Å². The third-order valence-corrected chi connectivity index (χ3v) is 2.02. The fraction of sp³-hybridized carbons (Fsp3) is 0.900. The van der Waals surface area contributed by atoms with Crippen molar-refractivity contribution in [2.45, 2.75) is 58.4 Å². The van der Waals surface area contributed by atoms with Crippen LogP contribution in [0.5, 0.6) is 0 Å². The lowest BCUT2D eigenvalue weighted by Crippen LogP contribution is -2.03. The summed E-state index contributed by atoms with van der Waals surface area (Å²) in [6, 6.07) is 0.238. The van der Waals surface area contributed by atoms with Gasteiger partial charge in [-0.05, 0) is 12.8 Å². The van der Waals surface area contributed by atoms with Gasteiger partial charge in [0.05, 0.1) is 6.04 Å². The quantitative estimate of drug-likeness (QED) is 0.425. The largest absolute Gasteiger partial charge is 0.235 e. The highest BCUT2D eigenvalue weighted by molar-refractivity contribution is 5.33. The van der Waals surface area contributed by atoms with Gasteiger partial charge in [0.1, 0.15) is 0 Å². The molecule has 0 aliphatic heterocycles. The number of rotatable bonds is 7. The number of hydrogen-bond donors (Lipinski definition) is 0. The summed E-state index contributed by atoms with van der Waals surface area (Å²) in [6.07, 6.45) is 8.44. The minimum atomic E-state index is 0.238. The molecule has 2 nitrogen and oxygen atoms in total. The summed E-state index contributed by atoms with van der Waals surface area (Å²) in [7, 11) is 0. The highest BCUT2D eigenvalue weighted by Gasteiger charge is 2.04. The Bertz CT molecular complexity index is 131. The first-order chi connectivity index (χ1) is 5.85. The van der Waals surface area contributed by atoms with Crippen LogP contribution in [-0.2, 0) is 4.79 Å². The van der Waals surface area contributed by atoms with Crippen LogP contribution in [0.2, 0.25) is 0 Å². The smallest absolute Gasteiger partial charge is 0.211 e. The van der Waals surface area contributed by atoms with Crippen LogP contribution >= 0.6 is 0 Å². The van der Waals surface area contributed by atoms with E-state index in [0.29, 0.717) is 0 Å². The molecule has 0 aliphatic rings. The van der Waals surface area contributed by atoms with Crippen LogP contribution in [0.4, 0.5) is 0 Å². The Morgan fingerprint density at radius 1 is 1.17 bits per heavy atom. The zero-order chi connectivity index (χ0) is 9.23. The van der Waals surface area contributed by atoms with E-state index in [1.807, 2.05) is 0 Å². The summed E-state index contributed by atoms with van der Waals surface area (Å²) in [4.78, 5) is 13.8. The van der Waals surface area contributed by atoms with Gasteiger partial charge in [-0.3, -0.25) is 0 Å². The molecule has 0 saturated carbocycles. The minimum absolute atomic E-state index is 0.238. The van der Waals surface area contributed by atoms with Crippen LogP contribution < -0.4 is 0 Å². The summed E-state index contributed by atoms with van der Waals surface area (Å²) in [5, 5.41) is 0. The molecular weight excluding hydrogens is 150 g/mol. The number of nitrogens with zero attached hydrogens (tertiary/aromatic N) is 1. The van der Waals surface area contributed by atoms with Gasteiger partial charge in [-0.1, -0.05) is 39.5 Å². The number of isocyanates is 1. The molecule has 0 heterocycles. The van der Waals surface area contributed by atoms with Crippen molar-refractivity contribution in [2.24, 2.45) is 4.99 Å². The second kappa shape index (κ2) is 8.48. The number of unbranched alkanes of at least 4 members (excludes halogenated alkanes) is 2. The Morgan fingerprint density at radius 3 is 2.00 bits per heavy atom. The highest BCUT2D eigenvalue weighted by atomic mass is 16.1. The monoisotopic (exact) mass is 169 g/mol. The average Bonchev–Trinajstić information content (AvgIpc) is 2.10. The molecule has 0 fully saturated rings. The molecule has 12 heavy (non-hydrogen) atoms. The van der Waals surface area contributed by atoms with Crippen LogP contribution in [0.3, 0.4) is 0 Å². The van der Waals surface area contributed by atoms with E-state index in [1.165, 1.54) is 25.7 Å². The first kappa shape index (κ1) is 11.4. The molecule has 0 rings (SSSR count). The van der Waals surface area contributed by atoms with Gasteiger partial charge in [0, 0.05) is 0 Å². The third kappa shape index (κ3) is 6.11. The van der Waals surface area contributed by atoms with E-state index >= 15 is 0 Å². The Balaban J connectivity index is 3.61.